The van der Waals surface area contributed by atoms with E-state index in [1.165, 1.54) is 12.1 Å². The zero-order valence-electron chi connectivity index (χ0n) is 21.0. The number of hydrogen-bond donors (Lipinski definition) is 1. The lowest BCUT2D eigenvalue weighted by Crippen LogP contribution is -2.34. The predicted molar refractivity (Wildman–Crippen MR) is 135 cm³/mol. The number of nitrogens with zero attached hydrogens (tertiary/aromatic N) is 1. The smallest absolute Gasteiger partial charge is 0.310 e. The van der Waals surface area contributed by atoms with Crippen molar-refractivity contribution in [2.24, 2.45) is 5.92 Å². The maximum Gasteiger partial charge on any atom is 0.310 e. The van der Waals surface area contributed by atoms with Gasteiger partial charge in [-0.15, -0.1) is 0 Å². The van der Waals surface area contributed by atoms with Crippen molar-refractivity contribution in [3.05, 3.63) is 94.6 Å². The lowest BCUT2D eigenvalue weighted by molar-refractivity contribution is -0.139. The molecule has 1 saturated heterocycles. The summed E-state index contributed by atoms with van der Waals surface area (Å²) >= 11 is 0. The first kappa shape index (κ1) is 26.9. The topological polar surface area (TPSA) is 40.5 Å². The fourth-order valence-corrected chi connectivity index (χ4v) is 5.25. The van der Waals surface area contributed by atoms with Gasteiger partial charge in [-0.05, 0) is 96.4 Å². The van der Waals surface area contributed by atoms with Crippen LogP contribution in [0.2, 0.25) is 0 Å². The van der Waals surface area contributed by atoms with Crippen molar-refractivity contribution in [2.75, 3.05) is 13.1 Å². The molecule has 3 aromatic rings. The third kappa shape index (κ3) is 6.04. The van der Waals surface area contributed by atoms with Gasteiger partial charge in [-0.3, -0.25) is 9.69 Å². The van der Waals surface area contributed by atoms with Crippen LogP contribution in [0.3, 0.4) is 0 Å². The molecule has 0 spiro atoms. The van der Waals surface area contributed by atoms with Gasteiger partial charge in [-0.2, -0.15) is 0 Å². The molecule has 1 N–H and O–H groups in total. The minimum absolute atomic E-state index is 0.102. The van der Waals surface area contributed by atoms with Gasteiger partial charge in [-0.25, -0.2) is 17.6 Å². The van der Waals surface area contributed by atoms with Crippen molar-refractivity contribution in [1.29, 1.82) is 0 Å². The fraction of sp³-hybridized carbons (Fsp3) is 0.367. The molecule has 3 aromatic carbocycles. The van der Waals surface area contributed by atoms with Crippen molar-refractivity contribution >= 4 is 5.97 Å². The first-order valence-corrected chi connectivity index (χ1v) is 12.7. The molecule has 1 aliphatic heterocycles. The van der Waals surface area contributed by atoms with Crippen molar-refractivity contribution in [1.82, 2.24) is 4.90 Å². The van der Waals surface area contributed by atoms with E-state index in [-0.39, 0.29) is 23.3 Å². The molecule has 3 nitrogen and oxygen atoms in total. The van der Waals surface area contributed by atoms with Crippen molar-refractivity contribution in [3.63, 3.8) is 0 Å². The van der Waals surface area contributed by atoms with Crippen LogP contribution in [0, 0.1) is 29.2 Å². The first-order valence-electron chi connectivity index (χ1n) is 12.7. The summed E-state index contributed by atoms with van der Waals surface area (Å²) < 4.78 is 56.4. The summed E-state index contributed by atoms with van der Waals surface area (Å²) in [7, 11) is 0. The summed E-state index contributed by atoms with van der Waals surface area (Å²) in [5.74, 6) is -6.28. The van der Waals surface area contributed by atoms with Gasteiger partial charge < -0.3 is 5.11 Å². The standard InChI is InChI=1S/C30H31F4NO2/c1-18(2)14-25(30(36)37)20-8-11-23(24(15-20)21-16-26(32)28(34)27(33)17-21)29(35-12-4-3-5-13-35)19-6-9-22(31)10-7-19/h6-11,15-18,25,29H,3-5,12-14H2,1-2H3,(H,36,37)/t25-,29-/m0/s1. The number of carboxylic acids is 1. The highest BCUT2D eigenvalue weighted by Crippen LogP contribution is 2.40. The molecule has 0 saturated carbocycles. The van der Waals surface area contributed by atoms with Crippen LogP contribution < -0.4 is 0 Å². The second kappa shape index (κ2) is 11.5. The average molecular weight is 514 g/mol. The summed E-state index contributed by atoms with van der Waals surface area (Å²) in [6.45, 7) is 5.41. The summed E-state index contributed by atoms with van der Waals surface area (Å²) in [5.41, 5.74) is 2.53. The molecule has 1 aliphatic rings. The molecule has 0 amide bonds. The number of rotatable bonds is 8. The van der Waals surface area contributed by atoms with Gasteiger partial charge in [0.1, 0.15) is 5.82 Å². The number of benzene rings is 3. The molecule has 37 heavy (non-hydrogen) atoms. The molecule has 2 atom stereocenters. The Kier molecular flexibility index (Phi) is 8.32. The van der Waals surface area contributed by atoms with Crippen LogP contribution in [0.1, 0.15) is 68.2 Å². The monoisotopic (exact) mass is 513 g/mol. The van der Waals surface area contributed by atoms with Gasteiger partial charge in [0.2, 0.25) is 0 Å². The Morgan fingerprint density at radius 2 is 1.46 bits per heavy atom. The number of aliphatic carboxylic acids is 1. The second-order valence-corrected chi connectivity index (χ2v) is 10.2. The molecular weight excluding hydrogens is 482 g/mol. The molecule has 0 unspecified atom stereocenters. The molecule has 1 fully saturated rings. The van der Waals surface area contributed by atoms with Gasteiger partial charge in [0.05, 0.1) is 12.0 Å². The summed E-state index contributed by atoms with van der Waals surface area (Å²) in [6, 6.07) is 12.8. The Labute approximate surface area is 214 Å². The third-order valence-electron chi connectivity index (χ3n) is 7.02. The average Bonchev–Trinajstić information content (AvgIpc) is 2.87. The first-order chi connectivity index (χ1) is 17.7. The highest BCUT2D eigenvalue weighted by molar-refractivity contribution is 5.78. The van der Waals surface area contributed by atoms with E-state index in [1.54, 1.807) is 30.3 Å². The Bertz CT molecular complexity index is 1230. The highest BCUT2D eigenvalue weighted by atomic mass is 19.2. The molecule has 0 aliphatic carbocycles. The molecule has 196 valence electrons. The molecule has 0 radical (unpaired) electrons. The van der Waals surface area contributed by atoms with E-state index in [0.717, 1.165) is 50.0 Å². The lowest BCUT2D eigenvalue weighted by atomic mass is 9.84. The molecule has 4 rings (SSSR count). The summed E-state index contributed by atoms with van der Waals surface area (Å²) in [4.78, 5) is 14.4. The van der Waals surface area contributed by atoms with Crippen molar-refractivity contribution < 1.29 is 27.5 Å². The molecule has 0 bridgehead atoms. The Morgan fingerprint density at radius 3 is 2.03 bits per heavy atom. The number of piperidine rings is 1. The maximum absolute atomic E-state index is 14.4. The van der Waals surface area contributed by atoms with Gasteiger partial charge in [0.15, 0.2) is 17.5 Å². The van der Waals surface area contributed by atoms with Gasteiger partial charge in [0, 0.05) is 0 Å². The van der Waals surface area contributed by atoms with Crippen molar-refractivity contribution in [2.45, 2.75) is 51.5 Å². The quantitative estimate of drug-likeness (QED) is 0.248. The predicted octanol–water partition coefficient (Wildman–Crippen LogP) is 7.70. The number of carboxylic acid groups (broad SMARTS) is 1. The summed E-state index contributed by atoms with van der Waals surface area (Å²) in [6.07, 6.45) is 3.41. The zero-order chi connectivity index (χ0) is 26.7. The molecule has 0 aromatic heterocycles. The van der Waals surface area contributed by atoms with Crippen molar-refractivity contribution in [3.8, 4) is 11.1 Å². The number of carbonyl (C=O) groups is 1. The largest absolute Gasteiger partial charge is 0.481 e. The van der Waals surface area contributed by atoms with E-state index in [9.17, 15) is 27.5 Å². The lowest BCUT2D eigenvalue weighted by Gasteiger charge is -2.36. The van der Waals surface area contributed by atoms with Crippen LogP contribution in [0.4, 0.5) is 17.6 Å². The van der Waals surface area contributed by atoms with Crippen LogP contribution in [-0.4, -0.2) is 29.1 Å². The summed E-state index contributed by atoms with van der Waals surface area (Å²) in [5, 5.41) is 9.93. The van der Waals surface area contributed by atoms with Crippen LogP contribution in [0.15, 0.2) is 54.6 Å². The van der Waals surface area contributed by atoms with Gasteiger partial charge in [-0.1, -0.05) is 44.5 Å². The van der Waals surface area contributed by atoms with E-state index in [4.69, 9.17) is 0 Å². The van der Waals surface area contributed by atoms with E-state index in [1.807, 2.05) is 13.8 Å². The molecular formula is C30H31F4NO2. The minimum atomic E-state index is -1.56. The SMILES string of the molecule is CC(C)C[C@H](C(=O)O)c1ccc([C@H](c2ccc(F)cc2)N2CCCCC2)c(-c2cc(F)c(F)c(F)c2)c1. The highest BCUT2D eigenvalue weighted by Gasteiger charge is 2.29. The van der Waals surface area contributed by atoms with Crippen LogP contribution in [0.25, 0.3) is 11.1 Å². The van der Waals surface area contributed by atoms with Crippen LogP contribution in [0.5, 0.6) is 0 Å². The second-order valence-electron chi connectivity index (χ2n) is 10.2. The van der Waals surface area contributed by atoms with Crippen LogP contribution in [-0.2, 0) is 4.79 Å². The number of hydrogen-bond acceptors (Lipinski definition) is 2. The number of halogens is 4. The molecule has 7 heteroatoms. The Hall–Kier alpha value is -3.19. The fourth-order valence-electron chi connectivity index (χ4n) is 5.25. The van der Waals surface area contributed by atoms with Gasteiger partial charge >= 0.3 is 5.97 Å². The normalized spacial score (nSPS) is 16.1. The van der Waals surface area contributed by atoms with E-state index in [2.05, 4.69) is 4.90 Å². The van der Waals surface area contributed by atoms with E-state index in [0.29, 0.717) is 23.1 Å². The van der Waals surface area contributed by atoms with E-state index < -0.39 is 29.3 Å². The Balaban J connectivity index is 1.95. The Morgan fingerprint density at radius 1 is 0.865 bits per heavy atom. The third-order valence-corrected chi connectivity index (χ3v) is 7.02. The van der Waals surface area contributed by atoms with E-state index >= 15 is 0 Å². The zero-order valence-corrected chi connectivity index (χ0v) is 21.0. The minimum Gasteiger partial charge on any atom is -0.481 e. The van der Waals surface area contributed by atoms with Gasteiger partial charge in [0.25, 0.3) is 0 Å². The maximum atomic E-state index is 14.4. The molecule has 1 heterocycles. The van der Waals surface area contributed by atoms with Crippen LogP contribution >= 0.6 is 0 Å². The number of likely N-dealkylation sites (tertiary alicyclic amines) is 1.